The van der Waals surface area contributed by atoms with Gasteiger partial charge in [0.1, 0.15) is 11.3 Å². The zero-order valence-corrected chi connectivity index (χ0v) is 24.5. The molecule has 3 N–H and O–H groups in total. The fraction of sp³-hybridized carbons (Fsp3) is 0.250. The van der Waals surface area contributed by atoms with Crippen LogP contribution in [0.25, 0.3) is 0 Å². The van der Waals surface area contributed by atoms with Crippen LogP contribution in [0.5, 0.6) is 5.75 Å². The third-order valence-corrected chi connectivity index (χ3v) is 7.40. The second-order valence-corrected chi connectivity index (χ2v) is 10.6. The molecule has 43 heavy (non-hydrogen) atoms. The number of amides is 2. The fourth-order valence-corrected chi connectivity index (χ4v) is 4.85. The summed E-state index contributed by atoms with van der Waals surface area (Å²) >= 11 is 0. The molecule has 0 bridgehead atoms. The molecule has 0 spiro atoms. The largest absolute Gasteiger partial charge is 0.507 e. The Morgan fingerprint density at radius 2 is 1.40 bits per heavy atom. The number of aromatic hydroxyl groups is 1. The van der Waals surface area contributed by atoms with Crippen LogP contribution in [-0.2, 0) is 30.7 Å². The number of hydrogen-bond acceptors (Lipinski definition) is 4. The summed E-state index contributed by atoms with van der Waals surface area (Å²) in [5.74, 6) is -2.04. The lowest BCUT2D eigenvalue weighted by Gasteiger charge is -2.24. The first-order chi connectivity index (χ1) is 20.8. The molecule has 7 nitrogen and oxygen atoms in total. The van der Waals surface area contributed by atoms with Crippen LogP contribution in [0.15, 0.2) is 97.1 Å². The van der Waals surface area contributed by atoms with Gasteiger partial charge in [0.15, 0.2) is 0 Å². The first kappa shape index (κ1) is 31.0. The van der Waals surface area contributed by atoms with Crippen LogP contribution in [0, 0.1) is 0 Å². The first-order valence-corrected chi connectivity index (χ1v) is 14.7. The maximum absolute atomic E-state index is 13.4. The predicted octanol–water partition coefficient (Wildman–Crippen LogP) is 6.92. The number of phenols is 1. The molecule has 7 heteroatoms. The average molecular weight is 579 g/mol. The van der Waals surface area contributed by atoms with Crippen LogP contribution < -0.4 is 10.2 Å². The molecular formula is C36H38N2O5. The molecule has 0 saturated heterocycles. The Kier molecular flexibility index (Phi) is 11.1. The zero-order valence-electron chi connectivity index (χ0n) is 24.5. The highest BCUT2D eigenvalue weighted by Gasteiger charge is 2.20. The Bertz CT molecular complexity index is 1520. The quantitative estimate of drug-likeness (QED) is 0.141. The minimum Gasteiger partial charge on any atom is -0.507 e. The fourth-order valence-electron chi connectivity index (χ4n) is 4.85. The number of nitrogens with one attached hydrogen (secondary N) is 1. The molecule has 0 atom stereocenters. The molecule has 4 aromatic carbocycles. The molecule has 222 valence electrons. The molecule has 0 aromatic heterocycles. The summed E-state index contributed by atoms with van der Waals surface area (Å²) in [5, 5.41) is 22.5. The van der Waals surface area contributed by atoms with Gasteiger partial charge in [-0.25, -0.2) is 4.79 Å². The normalized spacial score (nSPS) is 10.7. The summed E-state index contributed by atoms with van der Waals surface area (Å²) < 4.78 is 0. The van der Waals surface area contributed by atoms with Gasteiger partial charge in [-0.1, -0.05) is 86.5 Å². The van der Waals surface area contributed by atoms with Gasteiger partial charge in [0.05, 0.1) is 6.54 Å². The number of nitrogens with zero attached hydrogens (tertiary/aromatic N) is 1. The van der Waals surface area contributed by atoms with Crippen molar-refractivity contribution in [2.24, 2.45) is 0 Å². The molecule has 2 amide bonds. The summed E-state index contributed by atoms with van der Waals surface area (Å²) in [6.45, 7) is 2.79. The number of rotatable bonds is 14. The maximum atomic E-state index is 13.4. The molecule has 4 aromatic rings. The third kappa shape index (κ3) is 9.04. The minimum absolute atomic E-state index is 0.171. The molecule has 0 fully saturated rings. The summed E-state index contributed by atoms with van der Waals surface area (Å²) in [7, 11) is 0. The second kappa shape index (κ2) is 15.4. The van der Waals surface area contributed by atoms with E-state index in [0.717, 1.165) is 23.1 Å². The van der Waals surface area contributed by atoms with Crippen molar-refractivity contribution in [1.82, 2.24) is 5.32 Å². The van der Waals surface area contributed by atoms with E-state index < -0.39 is 5.97 Å². The molecular weight excluding hydrogens is 540 g/mol. The van der Waals surface area contributed by atoms with Gasteiger partial charge in [0.25, 0.3) is 5.91 Å². The van der Waals surface area contributed by atoms with E-state index in [1.54, 1.807) is 24.3 Å². The summed E-state index contributed by atoms with van der Waals surface area (Å²) in [4.78, 5) is 39.4. The first-order valence-electron chi connectivity index (χ1n) is 14.7. The van der Waals surface area contributed by atoms with Crippen molar-refractivity contribution < 1.29 is 24.6 Å². The van der Waals surface area contributed by atoms with Crippen LogP contribution in [-0.4, -0.2) is 28.0 Å². The maximum Gasteiger partial charge on any atom is 0.339 e. The molecule has 0 heterocycles. The smallest absolute Gasteiger partial charge is 0.339 e. The standard InChI is InChI=1S/C36H38N2O5/c1-2-3-5-8-27-11-13-28(14-12-27)24-37-35(41)30-18-15-29(16-19-30)25-38(31-20-21-33(39)32(23-31)36(42)43)34(40)22-17-26-9-6-4-7-10-26/h4,6-7,9-16,18-21,23,39H,2-3,5,8,17,22,24-25H2,1H3,(H,37,41)(H,42,43). The number of carboxylic acids is 1. The highest BCUT2D eigenvalue weighted by Crippen LogP contribution is 2.26. The SMILES string of the molecule is CCCCCc1ccc(CNC(=O)c2ccc(CN(C(=O)CCc3ccccc3)c3ccc(O)c(C(=O)O)c3)cc2)cc1. The second-order valence-electron chi connectivity index (χ2n) is 10.6. The lowest BCUT2D eigenvalue weighted by atomic mass is 10.1. The van der Waals surface area contributed by atoms with E-state index in [2.05, 4.69) is 24.4 Å². The number of benzene rings is 4. The average Bonchev–Trinajstić information content (AvgIpc) is 3.03. The van der Waals surface area contributed by atoms with Crippen molar-refractivity contribution in [2.45, 2.75) is 58.5 Å². The van der Waals surface area contributed by atoms with Crippen molar-refractivity contribution in [2.75, 3.05) is 4.90 Å². The Balaban J connectivity index is 1.42. The minimum atomic E-state index is -1.28. The monoisotopic (exact) mass is 578 g/mol. The Hall–Kier alpha value is -4.91. The number of aromatic carboxylic acids is 1. The van der Waals surface area contributed by atoms with Gasteiger partial charge >= 0.3 is 5.97 Å². The lowest BCUT2D eigenvalue weighted by molar-refractivity contribution is -0.118. The lowest BCUT2D eigenvalue weighted by Crippen LogP contribution is -2.31. The van der Waals surface area contributed by atoms with E-state index >= 15 is 0 Å². The van der Waals surface area contributed by atoms with Gasteiger partial charge in [0.2, 0.25) is 5.91 Å². The molecule has 4 rings (SSSR count). The van der Waals surface area contributed by atoms with E-state index in [9.17, 15) is 24.6 Å². The number of anilines is 1. The number of carboxylic acid groups (broad SMARTS) is 1. The Morgan fingerprint density at radius 3 is 2.07 bits per heavy atom. The van der Waals surface area contributed by atoms with Gasteiger partial charge in [-0.05, 0) is 71.8 Å². The van der Waals surface area contributed by atoms with Crippen molar-refractivity contribution >= 4 is 23.5 Å². The van der Waals surface area contributed by atoms with Gasteiger partial charge < -0.3 is 20.4 Å². The third-order valence-electron chi connectivity index (χ3n) is 7.40. The number of carbonyl (C=O) groups is 3. The van der Waals surface area contributed by atoms with Gasteiger partial charge in [-0.3, -0.25) is 9.59 Å². The Labute approximate surface area is 252 Å². The van der Waals surface area contributed by atoms with E-state index in [-0.39, 0.29) is 36.1 Å². The molecule has 0 aliphatic rings. The van der Waals surface area contributed by atoms with Crippen LogP contribution >= 0.6 is 0 Å². The number of unbranched alkanes of at least 4 members (excludes halogenated alkanes) is 2. The number of hydrogen-bond donors (Lipinski definition) is 3. The number of aryl methyl sites for hydroxylation is 2. The van der Waals surface area contributed by atoms with Crippen molar-refractivity contribution in [1.29, 1.82) is 0 Å². The van der Waals surface area contributed by atoms with Gasteiger partial charge in [-0.2, -0.15) is 0 Å². The van der Waals surface area contributed by atoms with E-state index in [4.69, 9.17) is 0 Å². The summed E-state index contributed by atoms with van der Waals surface area (Å²) in [6.07, 6.45) is 5.41. The van der Waals surface area contributed by atoms with E-state index in [1.807, 2.05) is 42.5 Å². The van der Waals surface area contributed by atoms with Crippen LogP contribution in [0.2, 0.25) is 0 Å². The highest BCUT2D eigenvalue weighted by atomic mass is 16.4. The van der Waals surface area contributed by atoms with Crippen molar-refractivity contribution in [3.63, 3.8) is 0 Å². The van der Waals surface area contributed by atoms with Gasteiger partial charge in [-0.15, -0.1) is 0 Å². The molecule has 0 saturated carbocycles. The molecule has 0 radical (unpaired) electrons. The Morgan fingerprint density at radius 1 is 0.744 bits per heavy atom. The number of carbonyl (C=O) groups excluding carboxylic acids is 2. The van der Waals surface area contributed by atoms with E-state index in [0.29, 0.717) is 24.2 Å². The van der Waals surface area contributed by atoms with Crippen molar-refractivity contribution in [3.8, 4) is 5.75 Å². The molecule has 0 aliphatic carbocycles. The van der Waals surface area contributed by atoms with E-state index in [1.165, 1.54) is 47.9 Å². The highest BCUT2D eigenvalue weighted by molar-refractivity contribution is 5.97. The predicted molar refractivity (Wildman–Crippen MR) is 168 cm³/mol. The molecule has 0 aliphatic heterocycles. The van der Waals surface area contributed by atoms with Crippen LogP contribution in [0.4, 0.5) is 5.69 Å². The van der Waals surface area contributed by atoms with Gasteiger partial charge in [0, 0.05) is 24.2 Å². The van der Waals surface area contributed by atoms with Crippen LogP contribution in [0.1, 0.15) is 75.6 Å². The molecule has 0 unspecified atom stereocenters. The van der Waals surface area contributed by atoms with Crippen molar-refractivity contribution in [3.05, 3.63) is 130 Å². The topological polar surface area (TPSA) is 107 Å². The zero-order chi connectivity index (χ0) is 30.6. The van der Waals surface area contributed by atoms with Crippen LogP contribution in [0.3, 0.4) is 0 Å². The summed E-state index contributed by atoms with van der Waals surface area (Å²) in [5.41, 5.74) is 4.71. The summed E-state index contributed by atoms with van der Waals surface area (Å²) in [6, 6.07) is 29.1.